The molecule has 2 aliphatic heterocycles. The monoisotopic (exact) mass is 961 g/mol. The summed E-state index contributed by atoms with van der Waals surface area (Å²) in [5.74, 6) is 3.73. The normalized spacial score (nSPS) is 31.2. The lowest BCUT2D eigenvalue weighted by Crippen LogP contribution is -2.51. The molecule has 4 aromatic rings. The third-order valence-corrected chi connectivity index (χ3v) is 16.8. The van der Waals surface area contributed by atoms with Crippen molar-refractivity contribution in [2.24, 2.45) is 52.1 Å². The predicted molar refractivity (Wildman–Crippen MR) is 262 cm³/mol. The molecule has 376 valence electrons. The Kier molecular flexibility index (Phi) is 13.2. The minimum Gasteiger partial charge on any atom is -0.476 e. The number of carboxylic acids is 1. The van der Waals surface area contributed by atoms with E-state index in [9.17, 15) is 24.0 Å². The number of carbonyl (C=O) groups is 5. The van der Waals surface area contributed by atoms with E-state index in [0.717, 1.165) is 74.5 Å². The van der Waals surface area contributed by atoms with Gasteiger partial charge in [0.2, 0.25) is 0 Å². The second-order valence-corrected chi connectivity index (χ2v) is 23.7. The number of alkyl carbamates (subject to hydrolysis) is 1. The minimum atomic E-state index is -1.09. The molecule has 14 rings (SSSR count). The van der Waals surface area contributed by atoms with Gasteiger partial charge < -0.3 is 41.7 Å². The number of carbonyl (C=O) groups excluding carboxylic acids is 4. The molecule has 8 aliphatic carbocycles. The van der Waals surface area contributed by atoms with Crippen LogP contribution in [0.2, 0.25) is 0 Å². The fourth-order valence-electron chi connectivity index (χ4n) is 14.7. The molecule has 8 saturated carbocycles. The van der Waals surface area contributed by atoms with E-state index in [1.54, 1.807) is 38.1 Å². The molecule has 0 spiro atoms. The number of nitrogens with one attached hydrogen (secondary N) is 4. The average molecular weight is 961 g/mol. The predicted octanol–water partition coefficient (Wildman–Crippen LogP) is 6.31. The zero-order valence-electron chi connectivity index (χ0n) is 41.1. The van der Waals surface area contributed by atoms with E-state index >= 15 is 0 Å². The summed E-state index contributed by atoms with van der Waals surface area (Å²) in [7, 11) is 0. The number of likely N-dealkylation sites (tertiary alicyclic amines) is 1. The number of fused-ring (bicyclic) bond motifs is 2. The largest absolute Gasteiger partial charge is 0.476 e. The van der Waals surface area contributed by atoms with Crippen LogP contribution in [0, 0.1) is 46.3 Å². The standard InChI is InChI=1S/C24H31N5O2.C20H23N3O3.C9H18N2O2/c25-18-4-5-28(12-18)23(31)19-13-29-20(2-1-3-21(29)27-19)22(30)26-14-24-9-15-6-16(10-24)8-17(7-15)11-24;24-18(16-2-1-3-17-22-15(19(25)26)10-23(16)17)21-11-20-7-12-4-13(8-20)6-14(5-12)9-20;1-9(2,3)13-8(12)11-7-4-5-10-6-7/h1-3,13,15-18H,4-12,14,25H2,(H,26,30);1-3,10,12-14H,4-9,11H2,(H,21,24)(H,25,26);7,10H,4-6H2,1-3H3,(H,11,12)/t15?,16?,17?,18-,24?;;7-/m1.1/s1. The lowest BCUT2D eigenvalue weighted by Gasteiger charge is -2.56. The molecule has 6 heterocycles. The molecule has 2 saturated heterocycles. The maximum absolute atomic E-state index is 13.2. The van der Waals surface area contributed by atoms with Crippen molar-refractivity contribution in [2.75, 3.05) is 39.3 Å². The van der Waals surface area contributed by atoms with Crippen LogP contribution in [0.25, 0.3) is 11.3 Å². The molecule has 70 heavy (non-hydrogen) atoms. The summed E-state index contributed by atoms with van der Waals surface area (Å²) < 4.78 is 8.44. The highest BCUT2D eigenvalue weighted by Gasteiger charge is 2.52. The molecule has 8 bridgehead atoms. The molecule has 10 fully saturated rings. The Bertz CT molecular complexity index is 2560. The van der Waals surface area contributed by atoms with Gasteiger partial charge in [0.1, 0.15) is 34.0 Å². The molecule has 0 aromatic carbocycles. The molecule has 4 amide bonds. The van der Waals surface area contributed by atoms with E-state index in [-0.39, 0.29) is 47.0 Å². The van der Waals surface area contributed by atoms with Gasteiger partial charge in [-0.2, -0.15) is 0 Å². The van der Waals surface area contributed by atoms with Crippen molar-refractivity contribution >= 4 is 41.1 Å². The van der Waals surface area contributed by atoms with E-state index in [2.05, 4.69) is 31.2 Å². The topological polar surface area (TPSA) is 227 Å². The van der Waals surface area contributed by atoms with Crippen LogP contribution in [0.5, 0.6) is 0 Å². The third kappa shape index (κ3) is 10.6. The molecular formula is C53H72N10O7. The van der Waals surface area contributed by atoms with Crippen LogP contribution in [-0.4, -0.2) is 116 Å². The third-order valence-electron chi connectivity index (χ3n) is 16.8. The van der Waals surface area contributed by atoms with Crippen LogP contribution in [0.1, 0.15) is 153 Å². The van der Waals surface area contributed by atoms with Crippen LogP contribution in [-0.2, 0) is 4.74 Å². The Morgan fingerprint density at radius 2 is 1.20 bits per heavy atom. The number of nitrogens with two attached hydrogens (primary N) is 1. The summed E-state index contributed by atoms with van der Waals surface area (Å²) in [5, 5.41) is 21.5. The number of ether oxygens (including phenoxy) is 1. The van der Waals surface area contributed by atoms with Gasteiger partial charge in [0.05, 0.1) is 0 Å². The van der Waals surface area contributed by atoms with Crippen LogP contribution >= 0.6 is 0 Å². The maximum atomic E-state index is 13.2. The van der Waals surface area contributed by atoms with Crippen LogP contribution in [0.15, 0.2) is 48.8 Å². The van der Waals surface area contributed by atoms with Gasteiger partial charge in [-0.25, -0.2) is 19.6 Å². The Balaban J connectivity index is 0.000000132. The maximum Gasteiger partial charge on any atom is 0.407 e. The SMILES string of the molecule is CC(C)(C)OC(=O)N[C@@H]1CCNC1.N[C@@H]1CCN(C(=O)c2cn3c(C(=O)NCC45CC6CC(CC(C6)C4)C5)cccc3n2)C1.O=C(O)c1cn2c(C(=O)NCC34CC5CC(CC(C5)C3)C4)cccc2n1. The molecule has 0 radical (unpaired) electrons. The fourth-order valence-corrected chi connectivity index (χ4v) is 14.7. The second kappa shape index (κ2) is 19.2. The van der Waals surface area contributed by atoms with Gasteiger partial charge in [-0.15, -0.1) is 0 Å². The first kappa shape index (κ1) is 48.1. The van der Waals surface area contributed by atoms with Crippen LogP contribution < -0.4 is 27.0 Å². The van der Waals surface area contributed by atoms with Crippen molar-refractivity contribution in [3.63, 3.8) is 0 Å². The number of hydrogen-bond donors (Lipinski definition) is 6. The lowest BCUT2D eigenvalue weighted by molar-refractivity contribution is -0.0504. The molecule has 7 N–H and O–H groups in total. The van der Waals surface area contributed by atoms with Crippen LogP contribution in [0.3, 0.4) is 0 Å². The Morgan fingerprint density at radius 3 is 1.61 bits per heavy atom. The smallest absolute Gasteiger partial charge is 0.407 e. The quantitative estimate of drug-likeness (QED) is 0.109. The van der Waals surface area contributed by atoms with E-state index in [1.165, 1.54) is 83.2 Å². The Morgan fingerprint density at radius 1 is 0.729 bits per heavy atom. The summed E-state index contributed by atoms with van der Waals surface area (Å²) in [6, 6.07) is 10.9. The Hall–Kier alpha value is -5.55. The van der Waals surface area contributed by atoms with Gasteiger partial charge in [0.15, 0.2) is 5.69 Å². The van der Waals surface area contributed by atoms with Gasteiger partial charge in [0.25, 0.3) is 17.7 Å². The molecule has 0 unspecified atom stereocenters. The van der Waals surface area contributed by atoms with Crippen LogP contribution in [0.4, 0.5) is 4.79 Å². The molecule has 2 atom stereocenters. The number of pyridine rings is 2. The number of hydrogen-bond acceptors (Lipinski definition) is 10. The van der Waals surface area contributed by atoms with Crippen molar-refractivity contribution in [1.82, 2.24) is 44.9 Å². The van der Waals surface area contributed by atoms with Gasteiger partial charge in [-0.3, -0.25) is 23.2 Å². The van der Waals surface area contributed by atoms with E-state index in [4.69, 9.17) is 15.6 Å². The fraction of sp³-hybridized carbons (Fsp3) is 0.642. The number of imidazole rings is 2. The second-order valence-electron chi connectivity index (χ2n) is 23.7. The first-order chi connectivity index (χ1) is 33.5. The molecule has 10 aliphatic rings. The van der Waals surface area contributed by atoms with Gasteiger partial charge in [-0.1, -0.05) is 12.1 Å². The van der Waals surface area contributed by atoms with Crippen molar-refractivity contribution in [3.05, 3.63) is 71.6 Å². The highest BCUT2D eigenvalue weighted by atomic mass is 16.6. The number of aromatic carboxylic acids is 1. The number of carboxylic acid groups (broad SMARTS) is 1. The minimum absolute atomic E-state index is 0.0342. The lowest BCUT2D eigenvalue weighted by atomic mass is 9.49. The highest BCUT2D eigenvalue weighted by Crippen LogP contribution is 2.61. The molecular weight excluding hydrogens is 889 g/mol. The first-order valence-corrected chi connectivity index (χ1v) is 26.0. The average Bonchev–Trinajstić information content (AvgIpc) is 4.14. The summed E-state index contributed by atoms with van der Waals surface area (Å²) >= 11 is 0. The number of aromatic nitrogens is 4. The van der Waals surface area contributed by atoms with Crippen molar-refractivity contribution in [3.8, 4) is 0 Å². The molecule has 4 aromatic heterocycles. The highest BCUT2D eigenvalue weighted by molar-refractivity contribution is 5.96. The first-order valence-electron chi connectivity index (χ1n) is 26.0. The Labute approximate surface area is 409 Å². The summed E-state index contributed by atoms with van der Waals surface area (Å²) in [4.78, 5) is 71.5. The van der Waals surface area contributed by atoms with E-state index < -0.39 is 11.6 Å². The van der Waals surface area contributed by atoms with E-state index in [1.807, 2.05) is 39.0 Å². The van der Waals surface area contributed by atoms with E-state index in [0.29, 0.717) is 46.9 Å². The summed E-state index contributed by atoms with van der Waals surface area (Å²) in [5.41, 5.74) is 8.50. The van der Waals surface area contributed by atoms with Gasteiger partial charge in [-0.05, 0) is 188 Å². The summed E-state index contributed by atoms with van der Waals surface area (Å²) in [6.45, 7) is 10.1. The van der Waals surface area contributed by atoms with Crippen molar-refractivity contribution < 1.29 is 33.8 Å². The zero-order valence-corrected chi connectivity index (χ0v) is 41.1. The van der Waals surface area contributed by atoms with Gasteiger partial charge >= 0.3 is 12.1 Å². The van der Waals surface area contributed by atoms with Crippen molar-refractivity contribution in [1.29, 1.82) is 0 Å². The van der Waals surface area contributed by atoms with Gasteiger partial charge in [0, 0.05) is 57.2 Å². The summed E-state index contributed by atoms with van der Waals surface area (Å²) in [6.07, 6.45) is 20.5. The molecule has 17 nitrogen and oxygen atoms in total. The molecule has 17 heteroatoms. The number of nitrogens with zero attached hydrogens (tertiary/aromatic N) is 5. The van der Waals surface area contributed by atoms with Crippen molar-refractivity contribution in [2.45, 2.75) is 128 Å². The zero-order chi connectivity index (χ0) is 49.0. The number of amides is 4. The number of rotatable bonds is 9.